The zero-order chi connectivity index (χ0) is 18.7. The van der Waals surface area contributed by atoms with Gasteiger partial charge in [0, 0.05) is 34.4 Å². The lowest BCUT2D eigenvalue weighted by Gasteiger charge is -2.09. The van der Waals surface area contributed by atoms with Crippen LogP contribution in [-0.2, 0) is 0 Å². The van der Waals surface area contributed by atoms with Gasteiger partial charge in [-0.05, 0) is 57.4 Å². The molecule has 0 atom stereocenters. The molecule has 0 spiro atoms. The summed E-state index contributed by atoms with van der Waals surface area (Å²) in [4.78, 5) is 23.0. The summed E-state index contributed by atoms with van der Waals surface area (Å²) in [6, 6.07) is 7.66. The molecule has 1 saturated carbocycles. The molecule has 1 aliphatic carbocycles. The van der Waals surface area contributed by atoms with Gasteiger partial charge < -0.3 is 14.5 Å². The van der Waals surface area contributed by atoms with Crippen LogP contribution in [0.5, 0.6) is 0 Å². The Bertz CT molecular complexity index is 1220. The van der Waals surface area contributed by atoms with Crippen molar-refractivity contribution in [2.75, 3.05) is 0 Å². The maximum atomic E-state index is 11.7. The molecule has 4 aromatic rings. The number of hydrogen-bond acceptors (Lipinski definition) is 4. The average Bonchev–Trinajstić information content (AvgIpc) is 3.30. The van der Waals surface area contributed by atoms with Gasteiger partial charge in [-0.25, -0.2) is 4.98 Å². The maximum Gasteiger partial charge on any atom is 0.248 e. The van der Waals surface area contributed by atoms with Crippen molar-refractivity contribution in [1.82, 2.24) is 20.1 Å². The molecule has 3 heterocycles. The number of fused-ring (bicyclic) bond motifs is 1. The molecule has 6 heteroatoms. The van der Waals surface area contributed by atoms with Gasteiger partial charge in [0.25, 0.3) is 0 Å². The molecule has 27 heavy (non-hydrogen) atoms. The number of pyridine rings is 1. The highest BCUT2D eigenvalue weighted by molar-refractivity contribution is 5.97. The summed E-state index contributed by atoms with van der Waals surface area (Å²) in [6.45, 7) is 5.79. The summed E-state index contributed by atoms with van der Waals surface area (Å²) in [5.41, 5.74) is 7.52. The van der Waals surface area contributed by atoms with Crippen molar-refractivity contribution in [2.24, 2.45) is 0 Å². The molecular weight excluding hydrogens is 340 g/mol. The summed E-state index contributed by atoms with van der Waals surface area (Å²) in [7, 11) is 0. The summed E-state index contributed by atoms with van der Waals surface area (Å²) < 4.78 is 5.38. The van der Waals surface area contributed by atoms with E-state index in [0.717, 1.165) is 56.3 Å². The number of hydrogen-bond donors (Lipinski definition) is 2. The van der Waals surface area contributed by atoms with Gasteiger partial charge in [0.05, 0.1) is 16.7 Å². The van der Waals surface area contributed by atoms with Gasteiger partial charge in [-0.3, -0.25) is 4.79 Å². The lowest BCUT2D eigenvalue weighted by Crippen LogP contribution is -2.05. The summed E-state index contributed by atoms with van der Waals surface area (Å²) in [5.74, 6) is 2.37. The molecule has 0 saturated heterocycles. The number of H-pyrrole nitrogens is 2. The van der Waals surface area contributed by atoms with E-state index in [1.807, 2.05) is 26.8 Å². The molecule has 1 aromatic carbocycles. The largest absolute Gasteiger partial charge is 0.361 e. The quantitative estimate of drug-likeness (QED) is 0.568. The number of aromatic nitrogens is 4. The molecule has 0 bridgehead atoms. The summed E-state index contributed by atoms with van der Waals surface area (Å²) in [6.07, 6.45) is 2.37. The highest BCUT2D eigenvalue weighted by atomic mass is 16.5. The Kier molecular flexibility index (Phi) is 3.37. The van der Waals surface area contributed by atoms with Gasteiger partial charge in [-0.2, -0.15) is 0 Å². The number of nitrogens with one attached hydrogen (secondary N) is 2. The number of imidazole rings is 1. The Hall–Kier alpha value is -3.15. The third-order valence-corrected chi connectivity index (χ3v) is 5.30. The lowest BCUT2D eigenvalue weighted by atomic mass is 9.96. The smallest absolute Gasteiger partial charge is 0.248 e. The fourth-order valence-corrected chi connectivity index (χ4v) is 3.80. The zero-order valence-corrected chi connectivity index (χ0v) is 15.5. The van der Waals surface area contributed by atoms with Crippen molar-refractivity contribution in [3.8, 4) is 22.3 Å². The summed E-state index contributed by atoms with van der Waals surface area (Å²) in [5, 5.41) is 4.10. The van der Waals surface area contributed by atoms with Gasteiger partial charge in [0.2, 0.25) is 5.56 Å². The van der Waals surface area contributed by atoms with E-state index in [1.54, 1.807) is 6.07 Å². The van der Waals surface area contributed by atoms with Crippen LogP contribution in [0, 0.1) is 20.8 Å². The fourth-order valence-electron chi connectivity index (χ4n) is 3.80. The summed E-state index contributed by atoms with van der Waals surface area (Å²) >= 11 is 0. The number of rotatable bonds is 3. The highest BCUT2D eigenvalue weighted by Crippen LogP contribution is 2.41. The van der Waals surface area contributed by atoms with E-state index < -0.39 is 0 Å². The normalized spacial score (nSPS) is 14.2. The first kappa shape index (κ1) is 16.1. The Morgan fingerprint density at radius 1 is 1.07 bits per heavy atom. The standard InChI is InChI=1S/C21H20N4O2/c1-10-15(6-7-18(26)22-10)16-8-14(19-11(2)25-27-12(19)3)9-17-20(16)24-21(23-17)13-4-5-13/h6-9,13H,4-5H2,1-3H3,(H,22,26)(H,23,24). The minimum atomic E-state index is -0.102. The van der Waals surface area contributed by atoms with Crippen LogP contribution in [0.25, 0.3) is 33.3 Å². The second-order valence-corrected chi connectivity index (χ2v) is 7.38. The molecule has 3 aromatic heterocycles. The Morgan fingerprint density at radius 2 is 1.89 bits per heavy atom. The molecule has 0 radical (unpaired) electrons. The van der Waals surface area contributed by atoms with E-state index in [2.05, 4.69) is 27.3 Å². The number of aryl methyl sites for hydroxylation is 3. The van der Waals surface area contributed by atoms with Crippen molar-refractivity contribution in [3.05, 3.63) is 57.6 Å². The zero-order valence-electron chi connectivity index (χ0n) is 15.5. The molecule has 1 fully saturated rings. The number of aromatic amines is 2. The van der Waals surface area contributed by atoms with E-state index in [-0.39, 0.29) is 5.56 Å². The van der Waals surface area contributed by atoms with Gasteiger partial charge >= 0.3 is 0 Å². The molecule has 0 unspecified atom stereocenters. The monoisotopic (exact) mass is 360 g/mol. The van der Waals surface area contributed by atoms with Gasteiger partial charge in [0.15, 0.2) is 0 Å². The van der Waals surface area contributed by atoms with Crippen LogP contribution in [0.3, 0.4) is 0 Å². The van der Waals surface area contributed by atoms with Crippen LogP contribution in [0.2, 0.25) is 0 Å². The van der Waals surface area contributed by atoms with Crippen LogP contribution in [0.4, 0.5) is 0 Å². The molecule has 5 rings (SSSR count). The molecular formula is C21H20N4O2. The van der Waals surface area contributed by atoms with Crippen molar-refractivity contribution in [1.29, 1.82) is 0 Å². The molecule has 1 aliphatic rings. The third kappa shape index (κ3) is 2.60. The van der Waals surface area contributed by atoms with E-state index >= 15 is 0 Å². The third-order valence-electron chi connectivity index (χ3n) is 5.30. The van der Waals surface area contributed by atoms with Crippen LogP contribution in [0.1, 0.15) is 41.7 Å². The van der Waals surface area contributed by atoms with Crippen molar-refractivity contribution < 1.29 is 4.52 Å². The Labute approximate surface area is 155 Å². The average molecular weight is 360 g/mol. The SMILES string of the molecule is Cc1noc(C)c1-c1cc(-c2ccc(=O)[nH]c2C)c2nc(C3CC3)[nH]c2c1. The molecule has 136 valence electrons. The Morgan fingerprint density at radius 3 is 2.56 bits per heavy atom. The molecule has 0 amide bonds. The molecule has 6 nitrogen and oxygen atoms in total. The highest BCUT2D eigenvalue weighted by Gasteiger charge is 2.28. The van der Waals surface area contributed by atoms with Crippen LogP contribution < -0.4 is 5.56 Å². The first-order chi connectivity index (χ1) is 13.0. The molecule has 2 N–H and O–H groups in total. The first-order valence-corrected chi connectivity index (χ1v) is 9.18. The van der Waals surface area contributed by atoms with Crippen molar-refractivity contribution >= 4 is 11.0 Å². The van der Waals surface area contributed by atoms with E-state index in [1.165, 1.54) is 12.8 Å². The van der Waals surface area contributed by atoms with Gasteiger partial charge in [0.1, 0.15) is 11.6 Å². The van der Waals surface area contributed by atoms with E-state index in [0.29, 0.717) is 5.92 Å². The maximum absolute atomic E-state index is 11.7. The van der Waals surface area contributed by atoms with Gasteiger partial charge in [-0.1, -0.05) is 5.16 Å². The van der Waals surface area contributed by atoms with Gasteiger partial charge in [-0.15, -0.1) is 0 Å². The predicted octanol–water partition coefficient (Wildman–Crippen LogP) is 4.38. The second-order valence-electron chi connectivity index (χ2n) is 7.38. The first-order valence-electron chi connectivity index (χ1n) is 9.18. The van der Waals surface area contributed by atoms with Crippen LogP contribution in [0.15, 0.2) is 33.6 Å². The van der Waals surface area contributed by atoms with Crippen molar-refractivity contribution in [2.45, 2.75) is 39.5 Å². The fraction of sp³-hybridized carbons (Fsp3) is 0.286. The van der Waals surface area contributed by atoms with E-state index in [9.17, 15) is 4.79 Å². The predicted molar refractivity (Wildman–Crippen MR) is 104 cm³/mol. The number of nitrogens with zero attached hydrogens (tertiary/aromatic N) is 2. The second kappa shape index (κ2) is 5.67. The topological polar surface area (TPSA) is 87.6 Å². The Balaban J connectivity index is 1.82. The minimum absolute atomic E-state index is 0.102. The number of benzene rings is 1. The minimum Gasteiger partial charge on any atom is -0.361 e. The lowest BCUT2D eigenvalue weighted by molar-refractivity contribution is 0.393. The van der Waals surface area contributed by atoms with Crippen LogP contribution >= 0.6 is 0 Å². The van der Waals surface area contributed by atoms with Crippen LogP contribution in [-0.4, -0.2) is 20.1 Å². The van der Waals surface area contributed by atoms with Crippen molar-refractivity contribution in [3.63, 3.8) is 0 Å². The van der Waals surface area contributed by atoms with E-state index in [4.69, 9.17) is 9.51 Å². The molecule has 0 aliphatic heterocycles.